The second-order valence-electron chi connectivity index (χ2n) is 4.09. The number of ether oxygens (including phenoxy) is 1. The summed E-state index contributed by atoms with van der Waals surface area (Å²) in [4.78, 5) is 11.8. The number of carbonyl (C=O) groups is 1. The third kappa shape index (κ3) is 3.62. The fourth-order valence-electron chi connectivity index (χ4n) is 1.61. The van der Waals surface area contributed by atoms with Gasteiger partial charge >= 0.3 is 5.97 Å². The summed E-state index contributed by atoms with van der Waals surface area (Å²) in [6.45, 7) is -0.225. The lowest BCUT2D eigenvalue weighted by molar-refractivity contribution is 0.0469. The Morgan fingerprint density at radius 2 is 1.90 bits per heavy atom. The molecule has 0 amide bonds. The Kier molecular flexibility index (Phi) is 4.47. The summed E-state index contributed by atoms with van der Waals surface area (Å²) in [5.74, 6) is -1.13. The fourth-order valence-corrected chi connectivity index (χ4v) is 2.05. The van der Waals surface area contributed by atoms with Gasteiger partial charge in [0.1, 0.15) is 12.4 Å². The maximum atomic E-state index is 13.5. The van der Waals surface area contributed by atoms with Crippen molar-refractivity contribution in [1.82, 2.24) is 0 Å². The van der Waals surface area contributed by atoms with Crippen molar-refractivity contribution in [3.63, 3.8) is 0 Å². The van der Waals surface area contributed by atoms with Crippen molar-refractivity contribution < 1.29 is 13.9 Å². The molecule has 2 aromatic carbocycles. The van der Waals surface area contributed by atoms with Crippen LogP contribution in [0.2, 0.25) is 10.0 Å². The van der Waals surface area contributed by atoms with E-state index in [0.717, 1.165) is 0 Å². The molecule has 0 aliphatic heterocycles. The van der Waals surface area contributed by atoms with Crippen molar-refractivity contribution in [3.05, 3.63) is 63.4 Å². The summed E-state index contributed by atoms with van der Waals surface area (Å²) in [7, 11) is 0. The summed E-state index contributed by atoms with van der Waals surface area (Å²) in [5, 5.41) is 0.690. The summed E-state index contributed by atoms with van der Waals surface area (Å²) >= 11 is 11.5. The van der Waals surface area contributed by atoms with Gasteiger partial charge in [-0.15, -0.1) is 0 Å². The maximum absolute atomic E-state index is 13.5. The predicted molar refractivity (Wildman–Crippen MR) is 76.4 cm³/mol. The molecular weight excluding hydrogens is 304 g/mol. The molecule has 2 rings (SSSR count). The average Bonchev–Trinajstić information content (AvgIpc) is 2.38. The normalized spacial score (nSPS) is 10.3. The molecule has 20 heavy (non-hydrogen) atoms. The third-order valence-electron chi connectivity index (χ3n) is 2.52. The van der Waals surface area contributed by atoms with Crippen LogP contribution in [0.1, 0.15) is 15.9 Å². The number of hydrogen-bond donors (Lipinski definition) is 1. The first-order valence-electron chi connectivity index (χ1n) is 5.63. The SMILES string of the molecule is Nc1cc(Cl)cc(C(=O)OCc2cc(Cl)ccc2F)c1. The van der Waals surface area contributed by atoms with Gasteiger partial charge in [-0.25, -0.2) is 9.18 Å². The Hall–Kier alpha value is -1.78. The van der Waals surface area contributed by atoms with Crippen LogP contribution in [0.25, 0.3) is 0 Å². The highest BCUT2D eigenvalue weighted by atomic mass is 35.5. The van der Waals surface area contributed by atoms with Gasteiger partial charge in [0, 0.05) is 21.3 Å². The van der Waals surface area contributed by atoms with E-state index in [1.807, 2.05) is 0 Å². The topological polar surface area (TPSA) is 52.3 Å². The minimum Gasteiger partial charge on any atom is -0.457 e. The molecule has 0 bridgehead atoms. The first-order valence-corrected chi connectivity index (χ1v) is 6.38. The van der Waals surface area contributed by atoms with Crippen LogP contribution >= 0.6 is 23.2 Å². The highest BCUT2D eigenvalue weighted by molar-refractivity contribution is 6.31. The molecule has 0 unspecified atom stereocenters. The molecular formula is C14H10Cl2FNO2. The van der Waals surface area contributed by atoms with Crippen LogP contribution < -0.4 is 5.73 Å². The van der Waals surface area contributed by atoms with Crippen molar-refractivity contribution in [3.8, 4) is 0 Å². The average molecular weight is 314 g/mol. The van der Waals surface area contributed by atoms with Crippen molar-refractivity contribution >= 4 is 34.9 Å². The molecule has 0 heterocycles. The highest BCUT2D eigenvalue weighted by Crippen LogP contribution is 2.19. The van der Waals surface area contributed by atoms with E-state index in [0.29, 0.717) is 15.7 Å². The van der Waals surface area contributed by atoms with Gasteiger partial charge < -0.3 is 10.5 Å². The lowest BCUT2D eigenvalue weighted by Crippen LogP contribution is -2.07. The summed E-state index contributed by atoms with van der Waals surface area (Å²) < 4.78 is 18.5. The van der Waals surface area contributed by atoms with Crippen molar-refractivity contribution in [2.24, 2.45) is 0 Å². The van der Waals surface area contributed by atoms with E-state index in [1.165, 1.54) is 36.4 Å². The molecule has 0 aromatic heterocycles. The van der Waals surface area contributed by atoms with Crippen LogP contribution in [0.5, 0.6) is 0 Å². The second kappa shape index (κ2) is 6.11. The lowest BCUT2D eigenvalue weighted by Gasteiger charge is -2.07. The molecule has 0 aliphatic carbocycles. The predicted octanol–water partition coefficient (Wildman–Crippen LogP) is 4.07. The minimum absolute atomic E-state index is 0.195. The van der Waals surface area contributed by atoms with E-state index in [4.69, 9.17) is 33.7 Å². The van der Waals surface area contributed by atoms with Crippen molar-refractivity contribution in [1.29, 1.82) is 0 Å². The quantitative estimate of drug-likeness (QED) is 0.686. The van der Waals surface area contributed by atoms with Crippen molar-refractivity contribution in [2.45, 2.75) is 6.61 Å². The number of hydrogen-bond acceptors (Lipinski definition) is 3. The van der Waals surface area contributed by atoms with Gasteiger partial charge in [0.2, 0.25) is 0 Å². The van der Waals surface area contributed by atoms with Gasteiger partial charge in [-0.1, -0.05) is 23.2 Å². The number of nitrogens with two attached hydrogens (primary N) is 1. The van der Waals surface area contributed by atoms with Crippen molar-refractivity contribution in [2.75, 3.05) is 5.73 Å². The van der Waals surface area contributed by atoms with Gasteiger partial charge in [-0.2, -0.15) is 0 Å². The van der Waals surface area contributed by atoms with E-state index in [1.54, 1.807) is 0 Å². The monoisotopic (exact) mass is 313 g/mol. The Morgan fingerprint density at radius 1 is 1.15 bits per heavy atom. The molecule has 6 heteroatoms. The Bertz CT molecular complexity index is 641. The number of benzene rings is 2. The molecule has 2 aromatic rings. The minimum atomic E-state index is -0.640. The van der Waals surface area contributed by atoms with Gasteiger partial charge in [-0.3, -0.25) is 0 Å². The molecule has 0 fully saturated rings. The molecule has 0 saturated heterocycles. The van der Waals surface area contributed by atoms with Crippen LogP contribution in [0, 0.1) is 5.82 Å². The van der Waals surface area contributed by atoms with Gasteiger partial charge in [0.15, 0.2) is 0 Å². The van der Waals surface area contributed by atoms with Crippen LogP contribution in [-0.2, 0) is 11.3 Å². The number of nitrogen functional groups attached to an aromatic ring is 1. The van der Waals surface area contributed by atoms with E-state index >= 15 is 0 Å². The zero-order valence-corrected chi connectivity index (χ0v) is 11.7. The molecule has 0 atom stereocenters. The van der Waals surface area contributed by atoms with E-state index in [-0.39, 0.29) is 17.7 Å². The fraction of sp³-hybridized carbons (Fsp3) is 0.0714. The highest BCUT2D eigenvalue weighted by Gasteiger charge is 2.11. The number of rotatable bonds is 3. The molecule has 0 aliphatic rings. The summed E-state index contributed by atoms with van der Waals surface area (Å²) in [6.07, 6.45) is 0. The molecule has 0 radical (unpaired) electrons. The van der Waals surface area contributed by atoms with Crippen LogP contribution in [0.15, 0.2) is 36.4 Å². The molecule has 0 saturated carbocycles. The number of esters is 1. The Balaban J connectivity index is 2.10. The van der Waals surface area contributed by atoms with E-state index in [9.17, 15) is 9.18 Å². The lowest BCUT2D eigenvalue weighted by atomic mass is 10.2. The maximum Gasteiger partial charge on any atom is 0.338 e. The summed E-state index contributed by atoms with van der Waals surface area (Å²) in [6, 6.07) is 8.39. The molecule has 2 N–H and O–H groups in total. The zero-order valence-electron chi connectivity index (χ0n) is 10.2. The number of carbonyl (C=O) groups excluding carboxylic acids is 1. The third-order valence-corrected chi connectivity index (χ3v) is 2.98. The molecule has 3 nitrogen and oxygen atoms in total. The Labute approximate surface area is 125 Å². The Morgan fingerprint density at radius 3 is 2.60 bits per heavy atom. The van der Waals surface area contributed by atoms with Gasteiger partial charge in [-0.05, 0) is 36.4 Å². The summed E-state index contributed by atoms with van der Waals surface area (Å²) in [5.41, 5.74) is 6.33. The molecule has 104 valence electrons. The molecule has 0 spiro atoms. The second-order valence-corrected chi connectivity index (χ2v) is 4.96. The van der Waals surface area contributed by atoms with E-state index in [2.05, 4.69) is 0 Å². The number of halogens is 3. The van der Waals surface area contributed by atoms with Gasteiger partial charge in [0.05, 0.1) is 5.56 Å². The van der Waals surface area contributed by atoms with Crippen LogP contribution in [0.3, 0.4) is 0 Å². The van der Waals surface area contributed by atoms with E-state index < -0.39 is 11.8 Å². The van der Waals surface area contributed by atoms with Crippen LogP contribution in [-0.4, -0.2) is 5.97 Å². The number of anilines is 1. The standard InChI is InChI=1S/C14H10Cl2FNO2/c15-10-1-2-13(17)9(4-10)7-20-14(19)8-3-11(16)6-12(18)5-8/h1-6H,7,18H2. The first kappa shape index (κ1) is 14.6. The largest absolute Gasteiger partial charge is 0.457 e. The first-order chi connectivity index (χ1) is 9.45. The smallest absolute Gasteiger partial charge is 0.338 e. The zero-order chi connectivity index (χ0) is 14.7. The van der Waals surface area contributed by atoms with Crippen LogP contribution in [0.4, 0.5) is 10.1 Å². The van der Waals surface area contributed by atoms with Gasteiger partial charge in [0.25, 0.3) is 0 Å².